The fraction of sp³-hybridized carbons (Fsp3) is 1.00. The Hall–Kier alpha value is -0.0800. The Balaban J connectivity index is 1.68. The van der Waals surface area contributed by atoms with Crippen LogP contribution in [-0.2, 0) is 0 Å². The lowest BCUT2D eigenvalue weighted by Crippen LogP contribution is -2.52. The highest BCUT2D eigenvalue weighted by molar-refractivity contribution is 5.00. The highest BCUT2D eigenvalue weighted by Gasteiger charge is 2.47. The molecule has 3 heterocycles. The maximum Gasteiger partial charge on any atom is 0.0129 e. The SMILES string of the molecule is CC(N)CC1CC2C3CCN(CC3)C2C1. The third kappa shape index (κ3) is 1.72. The summed E-state index contributed by atoms with van der Waals surface area (Å²) in [6, 6.07) is 1.35. The van der Waals surface area contributed by atoms with Gasteiger partial charge in [-0.1, -0.05) is 0 Å². The standard InChI is InChI=1S/C13H24N2/c1-9(14)6-10-7-12-11-2-4-15(5-3-11)13(12)8-10/h9-13H,2-8,14H2,1H3. The summed E-state index contributed by atoms with van der Waals surface area (Å²) in [6.45, 7) is 4.93. The first kappa shape index (κ1) is 10.1. The second kappa shape index (κ2) is 3.74. The van der Waals surface area contributed by atoms with Crippen LogP contribution in [0.2, 0.25) is 0 Å². The van der Waals surface area contributed by atoms with Crippen molar-refractivity contribution >= 4 is 0 Å². The third-order valence-corrected chi connectivity index (χ3v) is 5.03. The lowest BCUT2D eigenvalue weighted by Gasteiger charge is -2.48. The van der Waals surface area contributed by atoms with E-state index in [1.807, 2.05) is 0 Å². The maximum absolute atomic E-state index is 5.93. The monoisotopic (exact) mass is 208 g/mol. The van der Waals surface area contributed by atoms with Crippen LogP contribution < -0.4 is 5.73 Å². The van der Waals surface area contributed by atoms with E-state index in [1.54, 1.807) is 0 Å². The van der Waals surface area contributed by atoms with Gasteiger partial charge in [-0.05, 0) is 69.9 Å². The van der Waals surface area contributed by atoms with Gasteiger partial charge in [0.1, 0.15) is 0 Å². The third-order valence-electron chi connectivity index (χ3n) is 5.03. The summed E-state index contributed by atoms with van der Waals surface area (Å²) in [6.07, 6.45) is 7.14. The Morgan fingerprint density at radius 1 is 1.27 bits per heavy atom. The summed E-state index contributed by atoms with van der Waals surface area (Å²) in [5.74, 6) is 3.04. The van der Waals surface area contributed by atoms with E-state index in [-0.39, 0.29) is 0 Å². The van der Waals surface area contributed by atoms with Gasteiger partial charge in [-0.2, -0.15) is 0 Å². The Morgan fingerprint density at radius 2 is 2.00 bits per heavy atom. The first-order chi connectivity index (χ1) is 7.24. The molecule has 1 saturated carbocycles. The van der Waals surface area contributed by atoms with Gasteiger partial charge < -0.3 is 10.6 Å². The van der Waals surface area contributed by atoms with Crippen LogP contribution in [0.5, 0.6) is 0 Å². The molecule has 0 amide bonds. The Morgan fingerprint density at radius 3 is 2.60 bits per heavy atom. The fourth-order valence-electron chi connectivity index (χ4n) is 4.48. The zero-order valence-electron chi connectivity index (χ0n) is 9.86. The predicted molar refractivity (Wildman–Crippen MR) is 62.6 cm³/mol. The predicted octanol–water partition coefficient (Wildman–Crippen LogP) is 1.84. The van der Waals surface area contributed by atoms with Crippen LogP contribution in [0.25, 0.3) is 0 Å². The highest BCUT2D eigenvalue weighted by atomic mass is 15.2. The van der Waals surface area contributed by atoms with Crippen molar-refractivity contribution < 1.29 is 0 Å². The first-order valence-corrected chi connectivity index (χ1v) is 6.73. The Kier molecular flexibility index (Phi) is 2.52. The Bertz CT molecular complexity index is 211. The van der Waals surface area contributed by atoms with Crippen molar-refractivity contribution in [3.63, 3.8) is 0 Å². The molecule has 3 aliphatic heterocycles. The topological polar surface area (TPSA) is 29.3 Å². The molecule has 1 aliphatic carbocycles. The molecule has 0 aromatic carbocycles. The minimum atomic E-state index is 0.405. The lowest BCUT2D eigenvalue weighted by atomic mass is 9.75. The summed E-state index contributed by atoms with van der Waals surface area (Å²) in [5, 5.41) is 0. The molecule has 4 unspecified atom stereocenters. The summed E-state index contributed by atoms with van der Waals surface area (Å²) in [4.78, 5) is 2.77. The molecule has 15 heavy (non-hydrogen) atoms. The molecule has 4 atom stereocenters. The molecule has 2 bridgehead atoms. The maximum atomic E-state index is 5.93. The summed E-state index contributed by atoms with van der Waals surface area (Å²) >= 11 is 0. The van der Waals surface area contributed by atoms with Crippen molar-refractivity contribution in [1.82, 2.24) is 4.90 Å². The Labute approximate surface area is 93.2 Å². The quantitative estimate of drug-likeness (QED) is 0.750. The minimum Gasteiger partial charge on any atom is -0.328 e. The number of nitrogens with zero attached hydrogens (tertiary/aromatic N) is 1. The lowest BCUT2D eigenvalue weighted by molar-refractivity contribution is 0.00792. The smallest absolute Gasteiger partial charge is 0.0129 e. The highest BCUT2D eigenvalue weighted by Crippen LogP contribution is 2.48. The number of rotatable bonds is 2. The largest absolute Gasteiger partial charge is 0.328 e. The van der Waals surface area contributed by atoms with E-state index in [0.29, 0.717) is 6.04 Å². The molecule has 2 N–H and O–H groups in total. The molecule has 4 aliphatic rings. The molecule has 2 heteroatoms. The molecule has 3 saturated heterocycles. The van der Waals surface area contributed by atoms with Crippen LogP contribution >= 0.6 is 0 Å². The normalized spacial score (nSPS) is 50.4. The minimum absolute atomic E-state index is 0.405. The van der Waals surface area contributed by atoms with Crippen LogP contribution in [-0.4, -0.2) is 30.1 Å². The number of nitrogens with two attached hydrogens (primary N) is 1. The van der Waals surface area contributed by atoms with Crippen LogP contribution in [0.15, 0.2) is 0 Å². The molecule has 0 radical (unpaired) electrons. The van der Waals surface area contributed by atoms with Crippen molar-refractivity contribution in [3.05, 3.63) is 0 Å². The summed E-state index contributed by atoms with van der Waals surface area (Å²) in [7, 11) is 0. The van der Waals surface area contributed by atoms with Crippen LogP contribution in [0, 0.1) is 17.8 Å². The van der Waals surface area contributed by atoms with Crippen LogP contribution in [0.4, 0.5) is 0 Å². The number of fused-ring (bicyclic) bond motifs is 2. The van der Waals surface area contributed by atoms with Crippen molar-refractivity contribution in [3.8, 4) is 0 Å². The molecule has 0 aromatic rings. The van der Waals surface area contributed by atoms with E-state index in [1.165, 1.54) is 45.2 Å². The zero-order valence-corrected chi connectivity index (χ0v) is 9.86. The van der Waals surface area contributed by atoms with Crippen LogP contribution in [0.3, 0.4) is 0 Å². The molecule has 0 aromatic heterocycles. The molecular formula is C13H24N2. The zero-order chi connectivity index (χ0) is 10.4. The van der Waals surface area contributed by atoms with E-state index in [0.717, 1.165) is 23.8 Å². The van der Waals surface area contributed by atoms with Gasteiger partial charge in [-0.15, -0.1) is 0 Å². The molecule has 0 spiro atoms. The van der Waals surface area contributed by atoms with Gasteiger partial charge in [0.25, 0.3) is 0 Å². The molecule has 2 nitrogen and oxygen atoms in total. The van der Waals surface area contributed by atoms with Gasteiger partial charge in [0, 0.05) is 12.1 Å². The van der Waals surface area contributed by atoms with E-state index in [4.69, 9.17) is 5.73 Å². The average Bonchev–Trinajstić information content (AvgIpc) is 2.63. The second-order valence-electron chi connectivity index (χ2n) is 6.16. The summed E-state index contributed by atoms with van der Waals surface area (Å²) < 4.78 is 0. The van der Waals surface area contributed by atoms with Gasteiger partial charge in [0.15, 0.2) is 0 Å². The van der Waals surface area contributed by atoms with Crippen molar-refractivity contribution in [2.24, 2.45) is 23.5 Å². The number of hydrogen-bond acceptors (Lipinski definition) is 2. The van der Waals surface area contributed by atoms with E-state index in [2.05, 4.69) is 11.8 Å². The van der Waals surface area contributed by atoms with Gasteiger partial charge in [0.2, 0.25) is 0 Å². The van der Waals surface area contributed by atoms with Crippen molar-refractivity contribution in [1.29, 1.82) is 0 Å². The summed E-state index contributed by atoms with van der Waals surface area (Å²) in [5.41, 5.74) is 5.93. The second-order valence-corrected chi connectivity index (χ2v) is 6.16. The number of piperidine rings is 3. The van der Waals surface area contributed by atoms with Crippen molar-refractivity contribution in [2.75, 3.05) is 13.1 Å². The number of hydrogen-bond donors (Lipinski definition) is 1. The molecule has 86 valence electrons. The van der Waals surface area contributed by atoms with Gasteiger partial charge in [0.05, 0.1) is 0 Å². The van der Waals surface area contributed by atoms with E-state index in [9.17, 15) is 0 Å². The van der Waals surface area contributed by atoms with Crippen LogP contribution in [0.1, 0.15) is 39.0 Å². The van der Waals surface area contributed by atoms with E-state index >= 15 is 0 Å². The van der Waals surface area contributed by atoms with Gasteiger partial charge >= 0.3 is 0 Å². The first-order valence-electron chi connectivity index (χ1n) is 6.73. The fourth-order valence-corrected chi connectivity index (χ4v) is 4.48. The van der Waals surface area contributed by atoms with Gasteiger partial charge in [-0.3, -0.25) is 0 Å². The molecular weight excluding hydrogens is 184 g/mol. The van der Waals surface area contributed by atoms with Gasteiger partial charge in [-0.25, -0.2) is 0 Å². The van der Waals surface area contributed by atoms with E-state index < -0.39 is 0 Å². The molecule has 4 fully saturated rings. The van der Waals surface area contributed by atoms with Crippen molar-refractivity contribution in [2.45, 2.75) is 51.1 Å². The average molecular weight is 208 g/mol. The molecule has 4 rings (SSSR count).